The molecule has 0 aliphatic heterocycles. The molecule has 0 bridgehead atoms. The number of hydrogen-bond acceptors (Lipinski definition) is 6. The van der Waals surface area contributed by atoms with E-state index in [1.807, 2.05) is 13.8 Å². The fourth-order valence-electron chi connectivity index (χ4n) is 3.80. The van der Waals surface area contributed by atoms with Gasteiger partial charge in [0.2, 0.25) is 5.91 Å². The standard InChI is InChI=1S/C22H30N6O4/c1-6-28(7-2)12-15-8-10-17(32-15)22(31)25-24-18(29)11-9-16-13(3)19-14(4)26-27(5)20(19)23-21(16)30/h8,10H,6-7,9,11-12H2,1-5H3,(H,23,30)(H,24,29)(H,25,31). The monoisotopic (exact) mass is 442 g/mol. The van der Waals surface area contributed by atoms with Gasteiger partial charge >= 0.3 is 5.91 Å². The molecule has 0 spiro atoms. The smallest absolute Gasteiger partial charge is 0.305 e. The molecule has 32 heavy (non-hydrogen) atoms. The molecule has 3 rings (SSSR count). The van der Waals surface area contributed by atoms with E-state index in [0.717, 1.165) is 29.7 Å². The van der Waals surface area contributed by atoms with Gasteiger partial charge in [-0.2, -0.15) is 5.10 Å². The van der Waals surface area contributed by atoms with E-state index >= 15 is 0 Å². The zero-order valence-electron chi connectivity index (χ0n) is 19.2. The van der Waals surface area contributed by atoms with E-state index in [4.69, 9.17) is 4.42 Å². The number of carbonyl (C=O) groups excluding carboxylic acids is 2. The van der Waals surface area contributed by atoms with Crippen LogP contribution in [0.2, 0.25) is 0 Å². The Morgan fingerprint density at radius 2 is 1.91 bits per heavy atom. The number of aromatic amines is 1. The van der Waals surface area contributed by atoms with Crippen molar-refractivity contribution in [3.05, 3.63) is 50.8 Å². The number of rotatable bonds is 8. The van der Waals surface area contributed by atoms with Gasteiger partial charge in [0.1, 0.15) is 11.4 Å². The molecule has 2 amide bonds. The van der Waals surface area contributed by atoms with E-state index in [0.29, 0.717) is 23.5 Å². The molecule has 10 heteroatoms. The van der Waals surface area contributed by atoms with Crippen molar-refractivity contribution < 1.29 is 14.0 Å². The topological polar surface area (TPSA) is 125 Å². The Hall–Kier alpha value is -3.40. The van der Waals surface area contributed by atoms with Crippen LogP contribution in [0.4, 0.5) is 0 Å². The summed E-state index contributed by atoms with van der Waals surface area (Å²) in [6.45, 7) is 10.2. The van der Waals surface area contributed by atoms with Gasteiger partial charge in [-0.3, -0.25) is 34.8 Å². The molecule has 3 aromatic rings. The number of pyridine rings is 1. The fraction of sp³-hybridized carbons (Fsp3) is 0.455. The Morgan fingerprint density at radius 1 is 1.19 bits per heavy atom. The van der Waals surface area contributed by atoms with Gasteiger partial charge < -0.3 is 9.40 Å². The SMILES string of the molecule is CCN(CC)Cc1ccc(C(=O)NNC(=O)CCc2c(C)c3c(C)nn(C)c3[nH]c2=O)o1. The van der Waals surface area contributed by atoms with Gasteiger partial charge in [0.05, 0.1) is 12.2 Å². The number of amides is 2. The average Bonchev–Trinajstić information content (AvgIpc) is 3.34. The van der Waals surface area contributed by atoms with Crippen molar-refractivity contribution in [3.8, 4) is 0 Å². The van der Waals surface area contributed by atoms with Crippen LogP contribution >= 0.6 is 0 Å². The predicted octanol–water partition coefficient (Wildman–Crippen LogP) is 1.71. The van der Waals surface area contributed by atoms with E-state index in [9.17, 15) is 14.4 Å². The highest BCUT2D eigenvalue weighted by Crippen LogP contribution is 2.21. The molecule has 3 heterocycles. The van der Waals surface area contributed by atoms with Gasteiger partial charge in [-0.15, -0.1) is 0 Å². The first kappa shape index (κ1) is 23.3. The summed E-state index contributed by atoms with van der Waals surface area (Å²) in [5, 5.41) is 5.22. The summed E-state index contributed by atoms with van der Waals surface area (Å²) in [4.78, 5) is 42.0. The summed E-state index contributed by atoms with van der Waals surface area (Å²) in [5.74, 6) is -0.140. The van der Waals surface area contributed by atoms with E-state index in [1.54, 1.807) is 23.9 Å². The molecular weight excluding hydrogens is 412 g/mol. The summed E-state index contributed by atoms with van der Waals surface area (Å²) in [6, 6.07) is 3.33. The highest BCUT2D eigenvalue weighted by atomic mass is 16.4. The third-order valence-electron chi connectivity index (χ3n) is 5.63. The van der Waals surface area contributed by atoms with Crippen molar-refractivity contribution in [2.45, 2.75) is 47.1 Å². The lowest BCUT2D eigenvalue weighted by Crippen LogP contribution is -2.41. The first-order valence-corrected chi connectivity index (χ1v) is 10.7. The van der Waals surface area contributed by atoms with Crippen molar-refractivity contribution in [2.75, 3.05) is 13.1 Å². The molecule has 172 valence electrons. The minimum absolute atomic E-state index is 0.0420. The molecule has 0 saturated heterocycles. The van der Waals surface area contributed by atoms with Crippen LogP contribution in [0, 0.1) is 13.8 Å². The van der Waals surface area contributed by atoms with E-state index in [-0.39, 0.29) is 24.2 Å². The highest BCUT2D eigenvalue weighted by molar-refractivity contribution is 5.93. The van der Waals surface area contributed by atoms with Crippen LogP contribution in [0.25, 0.3) is 11.0 Å². The van der Waals surface area contributed by atoms with Crippen molar-refractivity contribution >= 4 is 22.8 Å². The van der Waals surface area contributed by atoms with Gasteiger partial charge in [-0.1, -0.05) is 13.8 Å². The summed E-state index contributed by atoms with van der Waals surface area (Å²) in [6.07, 6.45) is 0.280. The lowest BCUT2D eigenvalue weighted by Gasteiger charge is -2.15. The normalized spacial score (nSPS) is 11.3. The number of hydrazine groups is 1. The van der Waals surface area contributed by atoms with Crippen LogP contribution in [0.1, 0.15) is 53.4 Å². The van der Waals surface area contributed by atoms with Crippen molar-refractivity contribution in [2.24, 2.45) is 7.05 Å². The van der Waals surface area contributed by atoms with Crippen molar-refractivity contribution in [1.29, 1.82) is 0 Å². The minimum Gasteiger partial charge on any atom is -0.454 e. The molecule has 0 unspecified atom stereocenters. The van der Waals surface area contributed by atoms with E-state index < -0.39 is 11.8 Å². The van der Waals surface area contributed by atoms with E-state index in [2.05, 4.69) is 39.7 Å². The minimum atomic E-state index is -0.537. The maximum absolute atomic E-state index is 12.5. The van der Waals surface area contributed by atoms with Gasteiger partial charge in [0, 0.05) is 24.4 Å². The Labute approximate surface area is 185 Å². The highest BCUT2D eigenvalue weighted by Gasteiger charge is 2.17. The molecule has 0 aliphatic rings. The van der Waals surface area contributed by atoms with Gasteiger partial charge in [0.25, 0.3) is 5.56 Å². The second kappa shape index (κ2) is 9.82. The van der Waals surface area contributed by atoms with Gasteiger partial charge in [0.15, 0.2) is 5.76 Å². The largest absolute Gasteiger partial charge is 0.454 e. The summed E-state index contributed by atoms with van der Waals surface area (Å²) < 4.78 is 7.20. The molecule has 0 aliphatic carbocycles. The van der Waals surface area contributed by atoms with Gasteiger partial charge in [-0.05, 0) is 51.1 Å². The second-order valence-electron chi connectivity index (χ2n) is 7.72. The number of hydrogen-bond donors (Lipinski definition) is 3. The fourth-order valence-corrected chi connectivity index (χ4v) is 3.80. The average molecular weight is 443 g/mol. The lowest BCUT2D eigenvalue weighted by molar-refractivity contribution is -0.121. The Balaban J connectivity index is 1.57. The Kier molecular flexibility index (Phi) is 7.14. The molecule has 3 N–H and O–H groups in total. The number of carbonyl (C=O) groups is 2. The number of H-pyrrole nitrogens is 1. The lowest BCUT2D eigenvalue weighted by atomic mass is 10.0. The third kappa shape index (κ3) is 4.91. The second-order valence-corrected chi connectivity index (χ2v) is 7.72. The molecule has 0 aromatic carbocycles. The third-order valence-corrected chi connectivity index (χ3v) is 5.63. The molecule has 0 atom stereocenters. The van der Waals surface area contributed by atoms with Gasteiger partial charge in [-0.25, -0.2) is 0 Å². The number of aryl methyl sites for hydroxylation is 3. The van der Waals surface area contributed by atoms with Crippen LogP contribution in [-0.4, -0.2) is 44.6 Å². The predicted molar refractivity (Wildman–Crippen MR) is 120 cm³/mol. The molecule has 0 fully saturated rings. The summed E-state index contributed by atoms with van der Waals surface area (Å²) in [7, 11) is 1.77. The van der Waals surface area contributed by atoms with Crippen molar-refractivity contribution in [1.82, 2.24) is 30.5 Å². The zero-order chi connectivity index (χ0) is 23.4. The van der Waals surface area contributed by atoms with Crippen LogP contribution in [0.15, 0.2) is 21.3 Å². The Morgan fingerprint density at radius 3 is 2.59 bits per heavy atom. The Bertz CT molecular complexity index is 1190. The summed E-state index contributed by atoms with van der Waals surface area (Å²) >= 11 is 0. The molecular formula is C22H30N6O4. The summed E-state index contributed by atoms with van der Waals surface area (Å²) in [5.41, 5.74) is 7.30. The van der Waals surface area contributed by atoms with Crippen LogP contribution in [-0.2, 0) is 24.8 Å². The number of nitrogens with zero attached hydrogens (tertiary/aromatic N) is 3. The molecule has 0 radical (unpaired) electrons. The number of furan rings is 1. The quantitative estimate of drug-likeness (QED) is 0.456. The number of nitrogens with one attached hydrogen (secondary N) is 3. The molecule has 3 aromatic heterocycles. The zero-order valence-corrected chi connectivity index (χ0v) is 19.2. The first-order chi connectivity index (χ1) is 15.2. The van der Waals surface area contributed by atoms with E-state index in [1.165, 1.54) is 0 Å². The van der Waals surface area contributed by atoms with Crippen LogP contribution in [0.3, 0.4) is 0 Å². The molecule has 10 nitrogen and oxygen atoms in total. The number of aromatic nitrogens is 3. The van der Waals surface area contributed by atoms with Crippen LogP contribution < -0.4 is 16.4 Å². The van der Waals surface area contributed by atoms with Crippen molar-refractivity contribution in [3.63, 3.8) is 0 Å². The maximum atomic E-state index is 12.5. The molecule has 0 saturated carbocycles. The van der Waals surface area contributed by atoms with Crippen LogP contribution in [0.5, 0.6) is 0 Å². The first-order valence-electron chi connectivity index (χ1n) is 10.7. The number of fused-ring (bicyclic) bond motifs is 1. The maximum Gasteiger partial charge on any atom is 0.305 e.